The zero-order valence-electron chi connectivity index (χ0n) is 11.7. The van der Waals surface area contributed by atoms with Gasteiger partial charge in [-0.3, -0.25) is 0 Å². The van der Waals surface area contributed by atoms with Gasteiger partial charge in [-0.1, -0.05) is 0 Å². The molecule has 0 aromatic heterocycles. The van der Waals surface area contributed by atoms with Crippen molar-refractivity contribution in [1.82, 2.24) is 5.32 Å². The lowest BCUT2D eigenvalue weighted by molar-refractivity contribution is 0.398. The minimum atomic E-state index is -0.0612. The van der Waals surface area contributed by atoms with Crippen molar-refractivity contribution in [2.24, 2.45) is 0 Å². The van der Waals surface area contributed by atoms with E-state index < -0.39 is 0 Å². The van der Waals surface area contributed by atoms with Gasteiger partial charge in [0.05, 0.1) is 5.69 Å². The summed E-state index contributed by atoms with van der Waals surface area (Å²) in [5, 5.41) is 23.0. The number of nitrogens with two attached hydrogens (primary N) is 1. The van der Waals surface area contributed by atoms with E-state index in [1.807, 2.05) is 0 Å². The monoisotopic (exact) mass is 522 g/mol. The molecule has 6 heteroatoms. The van der Waals surface area contributed by atoms with Crippen molar-refractivity contribution in [2.75, 3.05) is 12.3 Å². The number of aromatic hydroxyl groups is 2. The van der Waals surface area contributed by atoms with Gasteiger partial charge in [0.15, 0.2) is 11.5 Å². The third-order valence-corrected chi connectivity index (χ3v) is 5.76. The van der Waals surface area contributed by atoms with Gasteiger partial charge in [0.1, 0.15) is 0 Å². The van der Waals surface area contributed by atoms with Gasteiger partial charge in [0, 0.05) is 13.2 Å². The van der Waals surface area contributed by atoms with Gasteiger partial charge in [0.2, 0.25) is 0 Å². The van der Waals surface area contributed by atoms with Gasteiger partial charge in [-0.2, -0.15) is 0 Å². The molecule has 0 amide bonds. The van der Waals surface area contributed by atoms with Crippen LogP contribution in [0, 0.1) is 7.14 Å². The fraction of sp³-hybridized carbons (Fsp3) is 0.250. The highest BCUT2D eigenvalue weighted by molar-refractivity contribution is 14.1. The standard InChI is InChI=1S/C16H16I2N2O2/c17-11-3-8(4-12(18)16(11)19)5-13-10-7-15(22)14(21)6-9(10)1-2-20-13/h3-4,6-7,13,20-22H,1-2,5,19H2/t13-/m0/s1. The first-order valence-corrected chi connectivity index (χ1v) is 9.13. The first kappa shape index (κ1) is 16.1. The Morgan fingerprint density at radius 1 is 1.09 bits per heavy atom. The fourth-order valence-corrected chi connectivity index (χ4v) is 4.74. The summed E-state index contributed by atoms with van der Waals surface area (Å²) in [5.74, 6) is -0.107. The molecule has 22 heavy (non-hydrogen) atoms. The molecule has 116 valence electrons. The molecular weight excluding hydrogens is 506 g/mol. The largest absolute Gasteiger partial charge is 0.504 e. The average molecular weight is 522 g/mol. The van der Waals surface area contributed by atoms with Crippen molar-refractivity contribution < 1.29 is 10.2 Å². The molecule has 5 N–H and O–H groups in total. The minimum absolute atomic E-state index is 0.0454. The summed E-state index contributed by atoms with van der Waals surface area (Å²) in [4.78, 5) is 0. The van der Waals surface area contributed by atoms with E-state index in [0.29, 0.717) is 0 Å². The molecule has 2 aromatic rings. The maximum Gasteiger partial charge on any atom is 0.157 e. The highest BCUT2D eigenvalue weighted by atomic mass is 127. The molecule has 0 bridgehead atoms. The molecule has 1 aliphatic heterocycles. The van der Waals surface area contributed by atoms with E-state index >= 15 is 0 Å². The van der Waals surface area contributed by atoms with E-state index in [4.69, 9.17) is 5.73 Å². The van der Waals surface area contributed by atoms with Gasteiger partial charge in [-0.15, -0.1) is 0 Å². The zero-order chi connectivity index (χ0) is 15.9. The van der Waals surface area contributed by atoms with Gasteiger partial charge in [0.25, 0.3) is 0 Å². The molecule has 2 aromatic carbocycles. The Hall–Kier alpha value is -0.740. The molecule has 0 aliphatic carbocycles. The van der Waals surface area contributed by atoms with Crippen LogP contribution in [-0.2, 0) is 12.8 Å². The highest BCUT2D eigenvalue weighted by Crippen LogP contribution is 2.35. The molecule has 0 fully saturated rings. The van der Waals surface area contributed by atoms with Crippen molar-refractivity contribution >= 4 is 50.9 Å². The zero-order valence-corrected chi connectivity index (χ0v) is 16.1. The van der Waals surface area contributed by atoms with E-state index in [1.54, 1.807) is 12.1 Å². The number of benzene rings is 2. The van der Waals surface area contributed by atoms with Crippen LogP contribution in [0.2, 0.25) is 0 Å². The van der Waals surface area contributed by atoms with Crippen LogP contribution in [0.3, 0.4) is 0 Å². The maximum atomic E-state index is 9.79. The van der Waals surface area contributed by atoms with Crippen LogP contribution in [-0.4, -0.2) is 16.8 Å². The molecule has 0 radical (unpaired) electrons. The van der Waals surface area contributed by atoms with Crippen molar-refractivity contribution in [1.29, 1.82) is 0 Å². The number of phenols is 2. The van der Waals surface area contributed by atoms with Crippen molar-refractivity contribution in [3.8, 4) is 11.5 Å². The first-order chi connectivity index (χ1) is 10.5. The molecule has 3 rings (SSSR count). The molecule has 0 unspecified atom stereocenters. The molecule has 4 nitrogen and oxygen atoms in total. The lowest BCUT2D eigenvalue weighted by atomic mass is 9.90. The predicted molar refractivity (Wildman–Crippen MR) is 104 cm³/mol. The van der Waals surface area contributed by atoms with Crippen LogP contribution in [0.1, 0.15) is 22.7 Å². The Kier molecular flexibility index (Phi) is 4.69. The SMILES string of the molecule is Nc1c(I)cc(C[C@@H]2NCCc3cc(O)c(O)cc32)cc1I. The Bertz CT molecular complexity index is 711. The molecule has 0 saturated carbocycles. The number of nitrogen functional groups attached to an aromatic ring is 1. The van der Waals surface area contributed by atoms with Crippen molar-refractivity contribution in [3.05, 3.63) is 48.1 Å². The van der Waals surface area contributed by atoms with Gasteiger partial charge >= 0.3 is 0 Å². The van der Waals surface area contributed by atoms with E-state index in [0.717, 1.165) is 43.3 Å². The van der Waals surface area contributed by atoms with Crippen molar-refractivity contribution in [2.45, 2.75) is 18.9 Å². The molecule has 0 saturated heterocycles. The van der Waals surface area contributed by atoms with Gasteiger partial charge < -0.3 is 21.3 Å². The Balaban J connectivity index is 1.94. The number of hydrogen-bond acceptors (Lipinski definition) is 4. The molecule has 1 heterocycles. The summed E-state index contributed by atoms with van der Waals surface area (Å²) in [5.41, 5.74) is 10.2. The number of halogens is 2. The topological polar surface area (TPSA) is 78.5 Å². The number of phenolic OH excluding ortho intramolecular Hbond substituents is 2. The summed E-state index contributed by atoms with van der Waals surface area (Å²) in [6.45, 7) is 0.866. The van der Waals surface area contributed by atoms with Crippen LogP contribution < -0.4 is 11.1 Å². The maximum absolute atomic E-state index is 9.79. The third-order valence-electron chi connectivity index (χ3n) is 3.98. The summed E-state index contributed by atoms with van der Waals surface area (Å²) in [6.07, 6.45) is 1.68. The lowest BCUT2D eigenvalue weighted by Gasteiger charge is -2.27. The predicted octanol–water partition coefficient (Wildman–Crippen LogP) is 3.32. The van der Waals surface area contributed by atoms with Gasteiger partial charge in [-0.25, -0.2) is 0 Å². The Labute approximate surface area is 156 Å². The van der Waals surface area contributed by atoms with E-state index in [2.05, 4.69) is 62.6 Å². The Morgan fingerprint density at radius 3 is 2.41 bits per heavy atom. The lowest BCUT2D eigenvalue weighted by Crippen LogP contribution is -2.31. The quantitative estimate of drug-likeness (QED) is 0.278. The first-order valence-electron chi connectivity index (χ1n) is 6.97. The number of hydrogen-bond donors (Lipinski definition) is 4. The number of nitrogens with one attached hydrogen (secondary N) is 1. The molecule has 1 atom stereocenters. The molecule has 0 spiro atoms. The smallest absolute Gasteiger partial charge is 0.157 e. The van der Waals surface area contributed by atoms with E-state index in [-0.39, 0.29) is 17.5 Å². The highest BCUT2D eigenvalue weighted by Gasteiger charge is 2.22. The summed E-state index contributed by atoms with van der Waals surface area (Å²) >= 11 is 4.51. The van der Waals surface area contributed by atoms with E-state index in [1.165, 1.54) is 5.56 Å². The number of fused-ring (bicyclic) bond motifs is 1. The van der Waals surface area contributed by atoms with Crippen LogP contribution in [0.15, 0.2) is 24.3 Å². The van der Waals surface area contributed by atoms with Crippen LogP contribution in [0.4, 0.5) is 5.69 Å². The van der Waals surface area contributed by atoms with Crippen LogP contribution >= 0.6 is 45.2 Å². The van der Waals surface area contributed by atoms with Crippen molar-refractivity contribution in [3.63, 3.8) is 0 Å². The van der Waals surface area contributed by atoms with Gasteiger partial charge in [-0.05, 0) is 106 Å². The summed E-state index contributed by atoms with van der Waals surface area (Å²) in [7, 11) is 0. The summed E-state index contributed by atoms with van der Waals surface area (Å²) < 4.78 is 2.12. The normalized spacial score (nSPS) is 17.3. The Morgan fingerprint density at radius 2 is 1.73 bits per heavy atom. The molecule has 1 aliphatic rings. The summed E-state index contributed by atoms with van der Waals surface area (Å²) in [6, 6.07) is 7.69. The average Bonchev–Trinajstić information content (AvgIpc) is 2.47. The molecular formula is C16H16I2N2O2. The second kappa shape index (κ2) is 6.40. The van der Waals surface area contributed by atoms with E-state index in [9.17, 15) is 10.2 Å². The van der Waals surface area contributed by atoms with Crippen LogP contribution in [0.25, 0.3) is 0 Å². The minimum Gasteiger partial charge on any atom is -0.504 e. The van der Waals surface area contributed by atoms with Crippen LogP contribution in [0.5, 0.6) is 11.5 Å². The second-order valence-electron chi connectivity index (χ2n) is 5.47. The fourth-order valence-electron chi connectivity index (χ4n) is 2.84. The third kappa shape index (κ3) is 3.13. The number of rotatable bonds is 2. The number of anilines is 1. The second-order valence-corrected chi connectivity index (χ2v) is 7.80.